The molecule has 2 nitrogen and oxygen atoms in total. The van der Waals surface area contributed by atoms with E-state index in [1.807, 2.05) is 30.3 Å². The van der Waals surface area contributed by atoms with Gasteiger partial charge in [-0.05, 0) is 57.8 Å². The van der Waals surface area contributed by atoms with Crippen LogP contribution in [0, 0.1) is 0 Å². The van der Waals surface area contributed by atoms with E-state index < -0.39 is 5.97 Å². The Labute approximate surface area is 117 Å². The highest BCUT2D eigenvalue weighted by molar-refractivity contribution is 6.03. The average Bonchev–Trinajstić information content (AvgIpc) is 2.45. The topological polar surface area (TPSA) is 40.1 Å². The Hall–Kier alpha value is -2.61. The van der Waals surface area contributed by atoms with Crippen molar-refractivity contribution in [3.8, 4) is 0 Å². The first-order valence-corrected chi connectivity index (χ1v) is 6.46. The first-order valence-electron chi connectivity index (χ1n) is 6.46. The Kier molecular flexibility index (Phi) is 2.99. The molecule has 0 saturated heterocycles. The molecule has 0 radical (unpaired) electrons. The minimum Gasteiger partial charge on any atom is -0.545 e. The molecule has 0 amide bonds. The zero-order valence-electron chi connectivity index (χ0n) is 11.1. The number of benzene rings is 3. The maximum atomic E-state index is 10.9. The van der Waals surface area contributed by atoms with Crippen molar-refractivity contribution in [3.63, 3.8) is 0 Å². The van der Waals surface area contributed by atoms with Crippen molar-refractivity contribution >= 4 is 33.6 Å². The van der Waals surface area contributed by atoms with Gasteiger partial charge in [0, 0.05) is 0 Å². The molecule has 98 valence electrons. The van der Waals surface area contributed by atoms with E-state index in [1.54, 1.807) is 13.0 Å². The summed E-state index contributed by atoms with van der Waals surface area (Å²) in [5.74, 6) is -1.14. The fraction of sp³-hybridized carbons (Fsp3) is 0.0556. The highest BCUT2D eigenvalue weighted by atomic mass is 16.4. The largest absolute Gasteiger partial charge is 0.545 e. The number of carbonyl (C=O) groups excluding carboxylic acids is 1. The van der Waals surface area contributed by atoms with E-state index in [4.69, 9.17) is 0 Å². The predicted molar refractivity (Wildman–Crippen MR) is 80.1 cm³/mol. The van der Waals surface area contributed by atoms with Gasteiger partial charge in [-0.2, -0.15) is 0 Å². The maximum Gasteiger partial charge on any atom is 0.0672 e. The van der Waals surface area contributed by atoms with Crippen molar-refractivity contribution < 1.29 is 9.90 Å². The van der Waals surface area contributed by atoms with Crippen molar-refractivity contribution in [3.05, 3.63) is 65.7 Å². The monoisotopic (exact) mass is 261 g/mol. The van der Waals surface area contributed by atoms with Gasteiger partial charge in [0.05, 0.1) is 5.97 Å². The molecule has 0 aromatic heterocycles. The first kappa shape index (κ1) is 12.4. The van der Waals surface area contributed by atoms with E-state index in [0.29, 0.717) is 0 Å². The molecular formula is C18H13O2-. The van der Waals surface area contributed by atoms with Gasteiger partial charge in [0.2, 0.25) is 0 Å². The van der Waals surface area contributed by atoms with Gasteiger partial charge >= 0.3 is 0 Å². The van der Waals surface area contributed by atoms with Gasteiger partial charge in [0.15, 0.2) is 0 Å². The maximum absolute atomic E-state index is 10.9. The molecule has 0 fully saturated rings. The van der Waals surface area contributed by atoms with Crippen molar-refractivity contribution in [2.45, 2.75) is 6.92 Å². The third-order valence-corrected chi connectivity index (χ3v) is 3.47. The van der Waals surface area contributed by atoms with Crippen molar-refractivity contribution in [2.24, 2.45) is 0 Å². The van der Waals surface area contributed by atoms with E-state index in [9.17, 15) is 9.90 Å². The third-order valence-electron chi connectivity index (χ3n) is 3.47. The lowest BCUT2D eigenvalue weighted by atomic mass is 9.98. The van der Waals surface area contributed by atoms with Crippen molar-refractivity contribution in [2.75, 3.05) is 0 Å². The second-order valence-electron chi connectivity index (χ2n) is 4.88. The molecule has 3 aromatic rings. The van der Waals surface area contributed by atoms with Gasteiger partial charge in [-0.25, -0.2) is 0 Å². The SMILES string of the molecule is C/C(=C\c1cccc2cc3ccccc3cc12)C(=O)[O-]. The van der Waals surface area contributed by atoms with E-state index in [0.717, 1.165) is 21.7 Å². The highest BCUT2D eigenvalue weighted by Crippen LogP contribution is 2.26. The molecule has 0 atom stereocenters. The Bertz CT molecular complexity index is 844. The third kappa shape index (κ3) is 2.16. The predicted octanol–water partition coefficient (Wildman–Crippen LogP) is 3.15. The Balaban J connectivity index is 2.31. The second kappa shape index (κ2) is 4.82. The van der Waals surface area contributed by atoms with Gasteiger partial charge in [-0.15, -0.1) is 0 Å². The lowest BCUT2D eigenvalue weighted by Crippen LogP contribution is -2.22. The Morgan fingerprint density at radius 3 is 2.30 bits per heavy atom. The Morgan fingerprint density at radius 2 is 1.60 bits per heavy atom. The lowest BCUT2D eigenvalue weighted by molar-refractivity contribution is -0.299. The van der Waals surface area contributed by atoms with Gasteiger partial charge in [-0.1, -0.05) is 42.5 Å². The molecule has 0 unspecified atom stereocenters. The summed E-state index contributed by atoms with van der Waals surface area (Å²) in [6.45, 7) is 1.55. The van der Waals surface area contributed by atoms with Crippen LogP contribution in [0.25, 0.3) is 27.6 Å². The molecular weight excluding hydrogens is 248 g/mol. The van der Waals surface area contributed by atoms with E-state index in [1.165, 1.54) is 5.39 Å². The second-order valence-corrected chi connectivity index (χ2v) is 4.88. The lowest BCUT2D eigenvalue weighted by Gasteiger charge is -2.07. The summed E-state index contributed by atoms with van der Waals surface area (Å²) >= 11 is 0. The van der Waals surface area contributed by atoms with Crippen LogP contribution in [-0.4, -0.2) is 5.97 Å². The molecule has 0 bridgehead atoms. The van der Waals surface area contributed by atoms with E-state index in [-0.39, 0.29) is 5.57 Å². The van der Waals surface area contributed by atoms with Crippen molar-refractivity contribution in [1.29, 1.82) is 0 Å². The summed E-state index contributed by atoms with van der Waals surface area (Å²) in [5.41, 5.74) is 1.13. The normalized spacial score (nSPS) is 11.9. The first-order chi connectivity index (χ1) is 9.65. The smallest absolute Gasteiger partial charge is 0.0672 e. The zero-order valence-corrected chi connectivity index (χ0v) is 11.1. The van der Waals surface area contributed by atoms with Crippen LogP contribution in [-0.2, 0) is 4.79 Å². The fourth-order valence-corrected chi connectivity index (χ4v) is 2.41. The number of hydrogen-bond donors (Lipinski definition) is 0. The Morgan fingerprint density at radius 1 is 0.950 bits per heavy atom. The summed E-state index contributed by atoms with van der Waals surface area (Å²) in [6.07, 6.45) is 1.66. The molecule has 0 heterocycles. The van der Waals surface area contributed by atoms with Crippen LogP contribution in [0.5, 0.6) is 0 Å². The quantitative estimate of drug-likeness (QED) is 0.525. The summed E-state index contributed by atoms with van der Waals surface area (Å²) in [5, 5.41) is 15.3. The number of fused-ring (bicyclic) bond motifs is 2. The number of carboxylic acids is 1. The fourth-order valence-electron chi connectivity index (χ4n) is 2.41. The van der Waals surface area contributed by atoms with Crippen molar-refractivity contribution in [1.82, 2.24) is 0 Å². The van der Waals surface area contributed by atoms with Gasteiger partial charge < -0.3 is 9.90 Å². The van der Waals surface area contributed by atoms with Crippen LogP contribution in [0.4, 0.5) is 0 Å². The molecule has 3 rings (SSSR count). The van der Waals surface area contributed by atoms with Gasteiger partial charge in [0.1, 0.15) is 0 Å². The van der Waals surface area contributed by atoms with Crippen LogP contribution < -0.4 is 5.11 Å². The number of rotatable bonds is 2. The molecule has 0 aliphatic heterocycles. The highest BCUT2D eigenvalue weighted by Gasteiger charge is 2.02. The molecule has 3 aromatic carbocycles. The van der Waals surface area contributed by atoms with Crippen LogP contribution in [0.3, 0.4) is 0 Å². The summed E-state index contributed by atoms with van der Waals surface area (Å²) < 4.78 is 0. The summed E-state index contributed by atoms with van der Waals surface area (Å²) in [6, 6.07) is 18.2. The van der Waals surface area contributed by atoms with E-state index in [2.05, 4.69) is 24.3 Å². The number of carbonyl (C=O) groups is 1. The molecule has 0 spiro atoms. The molecule has 20 heavy (non-hydrogen) atoms. The number of carboxylic acid groups (broad SMARTS) is 1. The molecule has 0 aliphatic rings. The minimum absolute atomic E-state index is 0.227. The molecule has 0 saturated carbocycles. The van der Waals surface area contributed by atoms with Crippen LogP contribution in [0.15, 0.2) is 60.2 Å². The summed E-state index contributed by atoms with van der Waals surface area (Å²) in [4.78, 5) is 10.9. The number of hydrogen-bond acceptors (Lipinski definition) is 2. The van der Waals surface area contributed by atoms with Crippen LogP contribution in [0.2, 0.25) is 0 Å². The van der Waals surface area contributed by atoms with E-state index >= 15 is 0 Å². The summed E-state index contributed by atoms with van der Waals surface area (Å²) in [7, 11) is 0. The zero-order chi connectivity index (χ0) is 14.1. The van der Waals surface area contributed by atoms with Gasteiger partial charge in [-0.3, -0.25) is 0 Å². The molecule has 0 N–H and O–H groups in total. The van der Waals surface area contributed by atoms with Crippen LogP contribution in [0.1, 0.15) is 12.5 Å². The van der Waals surface area contributed by atoms with Crippen LogP contribution >= 0.6 is 0 Å². The minimum atomic E-state index is -1.14. The standard InChI is InChI=1S/C18H14O2/c1-12(18(19)20)9-15-7-4-8-16-10-13-5-2-3-6-14(13)11-17(15)16/h2-11H,1H3,(H,19,20)/p-1/b12-9+. The number of aliphatic carboxylic acids is 1. The van der Waals surface area contributed by atoms with Gasteiger partial charge in [0.25, 0.3) is 0 Å². The molecule has 0 aliphatic carbocycles. The molecule has 2 heteroatoms. The average molecular weight is 261 g/mol.